The third kappa shape index (κ3) is 11.6. The Bertz CT molecular complexity index is 210. The molecule has 15 heavy (non-hydrogen) atoms. The maximum absolute atomic E-state index is 11.0. The average molecular weight is 379 g/mol. The van der Waals surface area contributed by atoms with Crippen molar-refractivity contribution in [2.75, 3.05) is 6.61 Å². The van der Waals surface area contributed by atoms with Gasteiger partial charge in [0, 0.05) is 27.1 Å². The average Bonchev–Trinajstić information content (AvgIpc) is 2.18. The molecule has 0 aromatic heterocycles. The summed E-state index contributed by atoms with van der Waals surface area (Å²) in [5.41, 5.74) is 0. The van der Waals surface area contributed by atoms with Gasteiger partial charge in [-0.05, 0) is 13.3 Å². The Labute approximate surface area is 107 Å². The number of ether oxygens (including phenoxy) is 1. The fraction of sp³-hybridized carbons (Fsp3) is 0.500. The number of carbonyl (C=O) groups excluding carboxylic acids is 1. The zero-order valence-electron chi connectivity index (χ0n) is 9.60. The van der Waals surface area contributed by atoms with Gasteiger partial charge in [0.15, 0.2) is 0 Å². The Morgan fingerprint density at radius 1 is 1.47 bits per heavy atom. The molecule has 0 aliphatic heterocycles. The maximum Gasteiger partial charge on any atom is 0.330 e. The minimum Gasteiger partial charge on any atom is -0.463 e. The van der Waals surface area contributed by atoms with E-state index in [1.165, 1.54) is 6.08 Å². The zero-order valence-corrected chi connectivity index (χ0v) is 12.5. The number of allylic oxidation sites excluding steroid dienone is 3. The summed E-state index contributed by atoms with van der Waals surface area (Å²) in [4.78, 5) is 11.0. The van der Waals surface area contributed by atoms with Crippen molar-refractivity contribution in [2.24, 2.45) is 5.92 Å². The molecule has 0 radical (unpaired) electrons. The van der Waals surface area contributed by atoms with E-state index in [1.54, 1.807) is 12.2 Å². The molecule has 0 amide bonds. The molecule has 86 valence electrons. The molecule has 1 unspecified atom stereocenters. The quantitative estimate of drug-likeness (QED) is 0.307. The molecule has 0 fully saturated rings. The van der Waals surface area contributed by atoms with E-state index in [-0.39, 0.29) is 27.0 Å². The van der Waals surface area contributed by atoms with E-state index in [9.17, 15) is 4.79 Å². The van der Waals surface area contributed by atoms with E-state index >= 15 is 0 Å². The Morgan fingerprint density at radius 2 is 2.13 bits per heavy atom. The van der Waals surface area contributed by atoms with Crippen molar-refractivity contribution in [3.05, 3.63) is 30.7 Å². The van der Waals surface area contributed by atoms with Gasteiger partial charge in [0.25, 0.3) is 0 Å². The van der Waals surface area contributed by atoms with Crippen LogP contribution >= 0.6 is 0 Å². The minimum atomic E-state index is -0.272. The van der Waals surface area contributed by atoms with Crippen LogP contribution in [0.3, 0.4) is 0 Å². The molecule has 0 heterocycles. The number of carbonyl (C=O) groups is 1. The number of esters is 1. The van der Waals surface area contributed by atoms with Crippen molar-refractivity contribution in [1.82, 2.24) is 0 Å². The topological polar surface area (TPSA) is 26.3 Å². The molecular formula is C12H19O2W-. The summed E-state index contributed by atoms with van der Waals surface area (Å²) >= 11 is 0. The van der Waals surface area contributed by atoms with Gasteiger partial charge in [-0.2, -0.15) is 12.8 Å². The van der Waals surface area contributed by atoms with Gasteiger partial charge in [-0.1, -0.05) is 25.2 Å². The Hall–Kier alpha value is -0.362. The summed E-state index contributed by atoms with van der Waals surface area (Å²) in [6.45, 7) is 6.50. The van der Waals surface area contributed by atoms with Crippen LogP contribution in [0.1, 0.15) is 27.2 Å². The van der Waals surface area contributed by atoms with E-state index < -0.39 is 0 Å². The first-order valence-corrected chi connectivity index (χ1v) is 4.96. The standard InChI is InChI=1S/C12H19O2.W/c1-4-6-7-8-12(13)14-10-9-11(3)5-2;/h4-8,11H,9-10H2,1-3H3;/q-1;/b6-4+,8-7-;. The zero-order chi connectivity index (χ0) is 10.8. The Morgan fingerprint density at radius 3 is 2.67 bits per heavy atom. The van der Waals surface area contributed by atoms with E-state index in [0.29, 0.717) is 12.5 Å². The van der Waals surface area contributed by atoms with Crippen LogP contribution in [-0.2, 0) is 30.6 Å². The molecule has 0 saturated carbocycles. The molecule has 0 rings (SSSR count). The molecular weight excluding hydrogens is 360 g/mol. The number of hydrogen-bond acceptors (Lipinski definition) is 2. The van der Waals surface area contributed by atoms with Crippen LogP contribution in [-0.4, -0.2) is 12.6 Å². The SMILES string of the molecule is C/C=C/C=C\C(=O)OCCC(C)[CH-]C.[W]. The molecule has 2 nitrogen and oxygen atoms in total. The number of hydrogen-bond donors (Lipinski definition) is 0. The van der Waals surface area contributed by atoms with Gasteiger partial charge in [0.2, 0.25) is 0 Å². The van der Waals surface area contributed by atoms with Crippen LogP contribution in [0.2, 0.25) is 0 Å². The molecule has 0 spiro atoms. The van der Waals surface area contributed by atoms with E-state index in [4.69, 9.17) is 4.74 Å². The molecule has 0 aliphatic carbocycles. The van der Waals surface area contributed by atoms with Crippen LogP contribution in [0.25, 0.3) is 0 Å². The van der Waals surface area contributed by atoms with Crippen LogP contribution in [0.15, 0.2) is 24.3 Å². The summed E-state index contributed by atoms with van der Waals surface area (Å²) < 4.78 is 4.98. The molecule has 1 atom stereocenters. The van der Waals surface area contributed by atoms with Crippen molar-refractivity contribution >= 4 is 5.97 Å². The van der Waals surface area contributed by atoms with Gasteiger partial charge in [-0.3, -0.25) is 0 Å². The first kappa shape index (κ1) is 17.0. The largest absolute Gasteiger partial charge is 0.463 e. The van der Waals surface area contributed by atoms with Gasteiger partial charge < -0.3 is 11.2 Å². The van der Waals surface area contributed by atoms with Gasteiger partial charge >= 0.3 is 5.97 Å². The maximum atomic E-state index is 11.0. The third-order valence-corrected chi connectivity index (χ3v) is 1.92. The van der Waals surface area contributed by atoms with Crippen LogP contribution in [0.4, 0.5) is 0 Å². The summed E-state index contributed by atoms with van der Waals surface area (Å²) in [6.07, 6.45) is 9.75. The van der Waals surface area contributed by atoms with E-state index in [0.717, 1.165) is 6.42 Å². The Balaban J connectivity index is 0. The minimum absolute atomic E-state index is 0. The summed E-state index contributed by atoms with van der Waals surface area (Å²) in [5, 5.41) is 0. The smallest absolute Gasteiger partial charge is 0.330 e. The van der Waals surface area contributed by atoms with Crippen molar-refractivity contribution in [1.29, 1.82) is 0 Å². The van der Waals surface area contributed by atoms with Gasteiger partial charge in [-0.25, -0.2) is 4.79 Å². The molecule has 3 heteroatoms. The van der Waals surface area contributed by atoms with Crippen molar-refractivity contribution in [3.8, 4) is 0 Å². The second-order valence-corrected chi connectivity index (χ2v) is 3.15. The van der Waals surface area contributed by atoms with Crippen molar-refractivity contribution < 1.29 is 30.6 Å². The van der Waals surface area contributed by atoms with Crippen molar-refractivity contribution in [3.63, 3.8) is 0 Å². The summed E-state index contributed by atoms with van der Waals surface area (Å²) in [6, 6.07) is 0. The predicted molar refractivity (Wildman–Crippen MR) is 58.7 cm³/mol. The summed E-state index contributed by atoms with van der Waals surface area (Å²) in [7, 11) is 0. The fourth-order valence-corrected chi connectivity index (χ4v) is 0.805. The fourth-order valence-electron chi connectivity index (χ4n) is 0.805. The van der Waals surface area contributed by atoms with Gasteiger partial charge in [0.05, 0.1) is 6.61 Å². The van der Waals surface area contributed by atoms with Crippen LogP contribution in [0.5, 0.6) is 0 Å². The molecule has 0 aliphatic rings. The van der Waals surface area contributed by atoms with Gasteiger partial charge in [-0.15, -0.1) is 0 Å². The first-order chi connectivity index (χ1) is 6.70. The predicted octanol–water partition coefficient (Wildman–Crippen LogP) is 2.91. The summed E-state index contributed by atoms with van der Waals surface area (Å²) in [5.74, 6) is 0.230. The third-order valence-electron chi connectivity index (χ3n) is 1.92. The van der Waals surface area contributed by atoms with Crippen LogP contribution < -0.4 is 0 Å². The molecule has 0 saturated heterocycles. The molecule has 0 aromatic rings. The normalized spacial score (nSPS) is 12.7. The number of rotatable bonds is 6. The second kappa shape index (κ2) is 11.7. The van der Waals surface area contributed by atoms with Gasteiger partial charge in [0.1, 0.15) is 0 Å². The molecule has 0 bridgehead atoms. The first-order valence-electron chi connectivity index (χ1n) is 4.96. The molecule has 0 aromatic carbocycles. The Kier molecular flexibility index (Phi) is 13.3. The monoisotopic (exact) mass is 379 g/mol. The van der Waals surface area contributed by atoms with E-state index in [2.05, 4.69) is 13.3 Å². The second-order valence-electron chi connectivity index (χ2n) is 3.15. The van der Waals surface area contributed by atoms with Crippen molar-refractivity contribution in [2.45, 2.75) is 27.2 Å². The van der Waals surface area contributed by atoms with Crippen LogP contribution in [0, 0.1) is 12.3 Å². The molecule has 0 N–H and O–H groups in total. The van der Waals surface area contributed by atoms with E-state index in [1.807, 2.05) is 19.9 Å².